The van der Waals surface area contributed by atoms with Gasteiger partial charge in [0.1, 0.15) is 6.17 Å². The lowest BCUT2D eigenvalue weighted by molar-refractivity contribution is -0.138. The van der Waals surface area contributed by atoms with Gasteiger partial charge in [0.05, 0.1) is 11.3 Å². The fourth-order valence-corrected chi connectivity index (χ4v) is 6.27. The first-order valence-electron chi connectivity index (χ1n) is 13.8. The van der Waals surface area contributed by atoms with E-state index in [1.807, 2.05) is 12.1 Å². The zero-order chi connectivity index (χ0) is 28.1. The SMILES string of the molecule is O=C(O)CC(NS(=O)(=O)c1ccccc1)N(CC1CC1)C(=O)c1ccc(N2CCN(C3=NCCCN3)CC2)cc1. The Morgan fingerprint density at radius 3 is 2.30 bits per heavy atom. The Balaban J connectivity index is 1.30. The highest BCUT2D eigenvalue weighted by molar-refractivity contribution is 7.89. The third-order valence-electron chi connectivity index (χ3n) is 7.44. The summed E-state index contributed by atoms with van der Waals surface area (Å²) in [6.45, 7) is 5.44. The van der Waals surface area contributed by atoms with Crippen molar-refractivity contribution in [2.45, 2.75) is 36.7 Å². The normalized spacial score (nSPS) is 18.4. The van der Waals surface area contributed by atoms with Crippen molar-refractivity contribution >= 4 is 33.5 Å². The predicted molar refractivity (Wildman–Crippen MR) is 152 cm³/mol. The number of piperazine rings is 1. The van der Waals surface area contributed by atoms with Crippen LogP contribution < -0.4 is 14.9 Å². The van der Waals surface area contributed by atoms with E-state index in [4.69, 9.17) is 0 Å². The highest BCUT2D eigenvalue weighted by atomic mass is 32.2. The second-order valence-corrected chi connectivity index (χ2v) is 12.2. The van der Waals surface area contributed by atoms with Crippen molar-refractivity contribution < 1.29 is 23.1 Å². The summed E-state index contributed by atoms with van der Waals surface area (Å²) < 4.78 is 28.6. The number of amides is 1. The summed E-state index contributed by atoms with van der Waals surface area (Å²) in [6.07, 6.45) is 1.12. The monoisotopic (exact) mass is 568 g/mol. The van der Waals surface area contributed by atoms with Gasteiger partial charge in [-0.2, -0.15) is 4.72 Å². The van der Waals surface area contributed by atoms with Gasteiger partial charge in [-0.25, -0.2) is 8.42 Å². The Labute approximate surface area is 234 Å². The molecule has 0 radical (unpaired) electrons. The summed E-state index contributed by atoms with van der Waals surface area (Å²) >= 11 is 0. The number of carboxylic acid groups (broad SMARTS) is 1. The Bertz CT molecular complexity index is 1320. The molecule has 1 amide bonds. The zero-order valence-corrected chi connectivity index (χ0v) is 23.2. The van der Waals surface area contributed by atoms with Gasteiger partial charge in [0.2, 0.25) is 10.0 Å². The number of nitrogens with zero attached hydrogens (tertiary/aromatic N) is 4. The fourth-order valence-electron chi connectivity index (χ4n) is 5.05. The smallest absolute Gasteiger partial charge is 0.306 e. The van der Waals surface area contributed by atoms with Crippen LogP contribution in [0, 0.1) is 5.92 Å². The van der Waals surface area contributed by atoms with Gasteiger partial charge in [0.15, 0.2) is 5.96 Å². The van der Waals surface area contributed by atoms with Crippen LogP contribution in [0.5, 0.6) is 0 Å². The minimum atomic E-state index is -4.05. The number of rotatable bonds is 10. The molecule has 0 aromatic heterocycles. The minimum absolute atomic E-state index is 0.0139. The molecule has 5 rings (SSSR count). The van der Waals surface area contributed by atoms with E-state index < -0.39 is 34.5 Å². The number of anilines is 1. The number of nitrogens with one attached hydrogen (secondary N) is 2. The predicted octanol–water partition coefficient (Wildman–Crippen LogP) is 1.79. The van der Waals surface area contributed by atoms with E-state index in [0.29, 0.717) is 5.56 Å². The molecule has 0 spiro atoms. The maximum Gasteiger partial charge on any atom is 0.306 e. The number of aliphatic imine (C=N–C) groups is 1. The Morgan fingerprint density at radius 2 is 1.70 bits per heavy atom. The molecule has 3 aliphatic rings. The standard InChI is InChI=1S/C28H36N6O5S/c35-26(36)19-25(31-40(38,39)24-5-2-1-3-6-24)34(20-21-7-8-21)27(37)22-9-11-23(12-10-22)32-15-17-33(18-16-32)28-29-13-4-14-30-28/h1-3,5-6,9-12,21,25,31H,4,7-8,13-20H2,(H,29,30)(H,35,36). The van der Waals surface area contributed by atoms with Crippen LogP contribution in [0.15, 0.2) is 64.5 Å². The number of guanidine groups is 1. The van der Waals surface area contributed by atoms with E-state index in [-0.39, 0.29) is 17.4 Å². The van der Waals surface area contributed by atoms with Gasteiger partial charge in [-0.1, -0.05) is 18.2 Å². The number of benzene rings is 2. The first-order chi connectivity index (χ1) is 19.3. The molecule has 12 heteroatoms. The van der Waals surface area contributed by atoms with Crippen molar-refractivity contribution in [3.63, 3.8) is 0 Å². The molecule has 2 aliphatic heterocycles. The summed E-state index contributed by atoms with van der Waals surface area (Å²) in [5.74, 6) is -0.397. The quantitative estimate of drug-likeness (QED) is 0.370. The zero-order valence-electron chi connectivity index (χ0n) is 22.4. The highest BCUT2D eigenvalue weighted by Crippen LogP contribution is 2.31. The summed E-state index contributed by atoms with van der Waals surface area (Å²) in [7, 11) is -4.05. The molecule has 1 saturated heterocycles. The number of carboxylic acids is 1. The third kappa shape index (κ3) is 6.92. The average molecular weight is 569 g/mol. The van der Waals surface area contributed by atoms with E-state index in [0.717, 1.165) is 70.2 Å². The molecule has 1 atom stereocenters. The largest absolute Gasteiger partial charge is 0.481 e. The summed E-state index contributed by atoms with van der Waals surface area (Å²) in [6, 6.07) is 15.0. The van der Waals surface area contributed by atoms with Crippen LogP contribution in [0.3, 0.4) is 0 Å². The molecule has 2 aromatic rings. The molecule has 1 aliphatic carbocycles. The molecule has 0 bridgehead atoms. The first-order valence-corrected chi connectivity index (χ1v) is 15.3. The molecule has 214 valence electrons. The lowest BCUT2D eigenvalue weighted by atomic mass is 10.1. The number of aliphatic carboxylic acids is 1. The van der Waals surface area contributed by atoms with Crippen molar-refractivity contribution in [3.8, 4) is 0 Å². The number of carbonyl (C=O) groups excluding carboxylic acids is 1. The highest BCUT2D eigenvalue weighted by Gasteiger charge is 2.35. The Kier molecular flexibility index (Phi) is 8.55. The second-order valence-electron chi connectivity index (χ2n) is 10.5. The number of carbonyl (C=O) groups is 2. The third-order valence-corrected chi connectivity index (χ3v) is 8.91. The molecule has 1 unspecified atom stereocenters. The second kappa shape index (κ2) is 12.3. The summed E-state index contributed by atoms with van der Waals surface area (Å²) in [5.41, 5.74) is 1.38. The van der Waals surface area contributed by atoms with Gasteiger partial charge in [0, 0.05) is 57.1 Å². The lowest BCUT2D eigenvalue weighted by Crippen LogP contribution is -2.53. The fraction of sp³-hybridized carbons (Fsp3) is 0.464. The molecule has 2 fully saturated rings. The van der Waals surface area contributed by atoms with Gasteiger partial charge in [0.25, 0.3) is 5.91 Å². The molecule has 2 aromatic carbocycles. The minimum Gasteiger partial charge on any atom is -0.481 e. The van der Waals surface area contributed by atoms with Gasteiger partial charge in [-0.15, -0.1) is 0 Å². The molecule has 11 nitrogen and oxygen atoms in total. The van der Waals surface area contributed by atoms with E-state index in [2.05, 4.69) is 24.8 Å². The van der Waals surface area contributed by atoms with Gasteiger partial charge in [-0.3, -0.25) is 14.6 Å². The van der Waals surface area contributed by atoms with Crippen molar-refractivity contribution in [1.82, 2.24) is 19.8 Å². The molecule has 40 heavy (non-hydrogen) atoms. The topological polar surface area (TPSA) is 135 Å². The van der Waals surface area contributed by atoms with Crippen molar-refractivity contribution in [1.29, 1.82) is 0 Å². The van der Waals surface area contributed by atoms with Crippen molar-refractivity contribution in [2.24, 2.45) is 10.9 Å². The first kappa shape index (κ1) is 27.9. The van der Waals surface area contributed by atoms with Crippen LogP contribution in [0.25, 0.3) is 0 Å². The van der Waals surface area contributed by atoms with Crippen molar-refractivity contribution in [3.05, 3.63) is 60.2 Å². The molecular weight excluding hydrogens is 532 g/mol. The average Bonchev–Trinajstić information content (AvgIpc) is 3.80. The molecule has 3 N–H and O–H groups in total. The Morgan fingerprint density at radius 1 is 1.02 bits per heavy atom. The number of hydrogen-bond acceptors (Lipinski definition) is 8. The van der Waals surface area contributed by atoms with E-state index in [1.165, 1.54) is 17.0 Å². The van der Waals surface area contributed by atoms with Gasteiger partial charge >= 0.3 is 5.97 Å². The maximum atomic E-state index is 13.7. The van der Waals surface area contributed by atoms with Gasteiger partial charge in [-0.05, 0) is 61.6 Å². The maximum absolute atomic E-state index is 13.7. The van der Waals surface area contributed by atoms with E-state index in [1.54, 1.807) is 30.3 Å². The van der Waals surface area contributed by atoms with Crippen LogP contribution >= 0.6 is 0 Å². The van der Waals surface area contributed by atoms with Crippen LogP contribution in [-0.4, -0.2) is 93.1 Å². The summed E-state index contributed by atoms with van der Waals surface area (Å²) in [4.78, 5) is 36.0. The lowest BCUT2D eigenvalue weighted by Gasteiger charge is -2.38. The van der Waals surface area contributed by atoms with Crippen LogP contribution in [0.1, 0.15) is 36.0 Å². The van der Waals surface area contributed by atoms with Gasteiger partial charge < -0.3 is 25.1 Å². The number of hydrogen-bond donors (Lipinski definition) is 3. The van der Waals surface area contributed by atoms with Crippen LogP contribution in [0.2, 0.25) is 0 Å². The van der Waals surface area contributed by atoms with Crippen molar-refractivity contribution in [2.75, 3.05) is 50.7 Å². The summed E-state index contributed by atoms with van der Waals surface area (Å²) in [5, 5.41) is 13.0. The number of sulfonamides is 1. The molecule has 1 saturated carbocycles. The van der Waals surface area contributed by atoms with Crippen LogP contribution in [-0.2, 0) is 14.8 Å². The van der Waals surface area contributed by atoms with E-state index in [9.17, 15) is 23.1 Å². The Hall–Kier alpha value is -3.64. The molecular formula is C28H36N6O5S. The van der Waals surface area contributed by atoms with E-state index >= 15 is 0 Å². The van der Waals surface area contributed by atoms with Crippen LogP contribution in [0.4, 0.5) is 5.69 Å². The molecule has 2 heterocycles.